The molecule has 9 rings (SSSR count). The van der Waals surface area contributed by atoms with Crippen molar-refractivity contribution < 1.29 is 89.0 Å². The van der Waals surface area contributed by atoms with Gasteiger partial charge in [-0.1, -0.05) is 60.1 Å². The van der Waals surface area contributed by atoms with E-state index in [9.17, 15) is 55.9 Å². The van der Waals surface area contributed by atoms with Gasteiger partial charge in [0.2, 0.25) is 0 Å². The van der Waals surface area contributed by atoms with Crippen molar-refractivity contribution in [2.75, 3.05) is 19.8 Å². The third kappa shape index (κ3) is 7.12. The molecule has 5 aliphatic carbocycles. The molecule has 65 heavy (non-hydrogen) atoms. The summed E-state index contributed by atoms with van der Waals surface area (Å²) >= 11 is 0. The molecule has 4 saturated carbocycles. The number of carbonyl (C=O) groups is 1. The van der Waals surface area contributed by atoms with Crippen molar-refractivity contribution in [1.82, 2.24) is 0 Å². The molecule has 0 aromatic heterocycles. The second-order valence-corrected chi connectivity index (χ2v) is 23.3. The topological polar surface area (TPSA) is 284 Å². The SMILES string of the molecule is CC1(C)CC2C3=CCC4C5(C)CCC(OC6OC(COC7OCC(O)C(O)C7O)C(O)C(O)C6OC6OC(CO)C(O)C(O)C6O)C(C)(C)C5CCC4(C)C3(C)CC(O)C23CC1OC3=O. The van der Waals surface area contributed by atoms with Crippen molar-refractivity contribution in [3.8, 4) is 0 Å². The summed E-state index contributed by atoms with van der Waals surface area (Å²) in [4.78, 5) is 13.8. The van der Waals surface area contributed by atoms with Gasteiger partial charge in [-0.3, -0.25) is 4.79 Å². The van der Waals surface area contributed by atoms with E-state index >= 15 is 0 Å². The minimum Gasteiger partial charge on any atom is -0.461 e. The fraction of sp³-hybridized carbons (Fsp3) is 0.936. The van der Waals surface area contributed by atoms with Gasteiger partial charge in [0.15, 0.2) is 18.9 Å². The summed E-state index contributed by atoms with van der Waals surface area (Å²) in [5.41, 5.74) is -1.09. The lowest BCUT2D eigenvalue weighted by Gasteiger charge is -2.71. The highest BCUT2D eigenvalue weighted by molar-refractivity contribution is 5.82. The number of rotatable bonds is 8. The number of esters is 1. The summed E-state index contributed by atoms with van der Waals surface area (Å²) in [7, 11) is 0. The van der Waals surface area contributed by atoms with E-state index in [1.807, 2.05) is 0 Å². The lowest BCUT2D eigenvalue weighted by Crippen LogP contribution is -2.68. The Hall–Kier alpha value is -1.43. The molecule has 1 spiro atoms. The van der Waals surface area contributed by atoms with Crippen molar-refractivity contribution in [3.05, 3.63) is 11.6 Å². The van der Waals surface area contributed by atoms with Crippen LogP contribution in [-0.2, 0) is 38.0 Å². The number of hydrogen-bond donors (Lipinski definition) is 10. The molecule has 10 N–H and O–H groups in total. The number of fused-ring (bicyclic) bond motifs is 7. The average Bonchev–Trinajstić information content (AvgIpc) is 3.57. The lowest BCUT2D eigenvalue weighted by molar-refractivity contribution is -0.381. The third-order valence-electron chi connectivity index (χ3n) is 19.4. The van der Waals surface area contributed by atoms with Crippen molar-refractivity contribution in [1.29, 1.82) is 0 Å². The minimum atomic E-state index is -1.83. The summed E-state index contributed by atoms with van der Waals surface area (Å²) in [6.45, 7) is 14.3. The Morgan fingerprint density at radius 2 is 1.38 bits per heavy atom. The largest absolute Gasteiger partial charge is 0.461 e. The van der Waals surface area contributed by atoms with Gasteiger partial charge in [-0.15, -0.1) is 0 Å². The van der Waals surface area contributed by atoms with E-state index < -0.39 is 122 Å². The fourth-order valence-corrected chi connectivity index (χ4v) is 15.2. The van der Waals surface area contributed by atoms with E-state index in [0.29, 0.717) is 19.3 Å². The molecule has 4 aliphatic heterocycles. The third-order valence-corrected chi connectivity index (χ3v) is 19.4. The molecule has 4 heterocycles. The molecule has 0 radical (unpaired) electrons. The van der Waals surface area contributed by atoms with Crippen LogP contribution in [0.15, 0.2) is 11.6 Å². The standard InChI is InChI=1S/C47H74O18/c1-42(2)14-21-20-8-9-26-44(5)12-11-28(43(3,4)25(44)10-13-45(26,6)46(20,7)15-27(50)47(21)16-29(42)64-41(47)58)63-40-37(65-39-36(57)33(54)31(52)23(17-48)61-39)34(55)32(53)24(62-40)19-60-38-35(56)30(51)22(49)18-59-38/h8,21-40,48-57H,9-19H2,1-7H3. The molecule has 0 aromatic rings. The van der Waals surface area contributed by atoms with Gasteiger partial charge in [-0.2, -0.15) is 0 Å². The van der Waals surface area contributed by atoms with Gasteiger partial charge < -0.3 is 84.2 Å². The Morgan fingerprint density at radius 1 is 0.708 bits per heavy atom. The molecule has 18 heteroatoms. The number of aliphatic hydroxyl groups excluding tert-OH is 10. The van der Waals surface area contributed by atoms with Crippen LogP contribution in [0.1, 0.15) is 99.8 Å². The van der Waals surface area contributed by atoms with Gasteiger partial charge >= 0.3 is 5.97 Å². The van der Waals surface area contributed by atoms with Gasteiger partial charge in [0.25, 0.3) is 0 Å². The summed E-state index contributed by atoms with van der Waals surface area (Å²) in [6.07, 6.45) is -15.4. The fourth-order valence-electron chi connectivity index (χ4n) is 15.2. The highest BCUT2D eigenvalue weighted by Crippen LogP contribution is 2.76. The normalized spacial score (nSPS) is 55.8. The zero-order valence-corrected chi connectivity index (χ0v) is 38.6. The van der Waals surface area contributed by atoms with Crippen LogP contribution in [0.4, 0.5) is 0 Å². The summed E-state index contributed by atoms with van der Waals surface area (Å²) in [6, 6.07) is 0. The molecular formula is C47H74O18. The molecule has 370 valence electrons. The second kappa shape index (κ2) is 16.6. The molecule has 0 aromatic carbocycles. The average molecular weight is 927 g/mol. The summed E-state index contributed by atoms with van der Waals surface area (Å²) in [5, 5.41) is 108. The summed E-state index contributed by atoms with van der Waals surface area (Å²) < 4.78 is 42.2. The van der Waals surface area contributed by atoms with E-state index in [1.54, 1.807) is 0 Å². The Kier molecular flexibility index (Phi) is 12.4. The highest BCUT2D eigenvalue weighted by atomic mass is 16.8. The summed E-state index contributed by atoms with van der Waals surface area (Å²) in [5.74, 6) is 0.00221. The van der Waals surface area contributed by atoms with E-state index in [2.05, 4.69) is 54.5 Å². The maximum Gasteiger partial charge on any atom is 0.315 e. The van der Waals surface area contributed by atoms with Crippen molar-refractivity contribution in [2.24, 2.45) is 50.2 Å². The molecule has 0 amide bonds. The molecule has 9 aliphatic rings. The van der Waals surface area contributed by atoms with Gasteiger partial charge in [0, 0.05) is 11.8 Å². The van der Waals surface area contributed by atoms with Crippen LogP contribution < -0.4 is 0 Å². The molecule has 24 unspecified atom stereocenters. The maximum atomic E-state index is 13.8. The predicted octanol–water partition coefficient (Wildman–Crippen LogP) is -0.233. The zero-order chi connectivity index (χ0) is 47.1. The van der Waals surface area contributed by atoms with Crippen molar-refractivity contribution in [2.45, 2.75) is 204 Å². The van der Waals surface area contributed by atoms with Crippen LogP contribution in [0.25, 0.3) is 0 Å². The van der Waals surface area contributed by atoms with E-state index in [1.165, 1.54) is 5.57 Å². The first-order chi connectivity index (χ1) is 30.4. The van der Waals surface area contributed by atoms with Gasteiger partial charge in [-0.05, 0) is 84.4 Å². The lowest BCUT2D eigenvalue weighted by atomic mass is 9.33. The first-order valence-electron chi connectivity index (χ1n) is 23.9. The number of allylic oxidation sites excluding steroid dienone is 2. The van der Waals surface area contributed by atoms with Gasteiger partial charge in [0.05, 0.1) is 32.0 Å². The Labute approximate surface area is 380 Å². The van der Waals surface area contributed by atoms with Crippen LogP contribution >= 0.6 is 0 Å². The molecule has 8 fully saturated rings. The van der Waals surface area contributed by atoms with Crippen LogP contribution in [0.3, 0.4) is 0 Å². The minimum absolute atomic E-state index is 0.0992. The van der Waals surface area contributed by atoms with Crippen LogP contribution in [0.5, 0.6) is 0 Å². The van der Waals surface area contributed by atoms with Crippen molar-refractivity contribution in [3.63, 3.8) is 0 Å². The highest BCUT2D eigenvalue weighted by Gasteiger charge is 2.74. The molecule has 4 saturated heterocycles. The first kappa shape index (κ1) is 48.6. The Bertz CT molecular complexity index is 1830. The predicted molar refractivity (Wildman–Crippen MR) is 224 cm³/mol. The van der Waals surface area contributed by atoms with Crippen LogP contribution in [0, 0.1) is 50.2 Å². The quantitative estimate of drug-likeness (QED) is 0.0855. The Balaban J connectivity index is 0.978. The molecule has 24 atom stereocenters. The van der Waals surface area contributed by atoms with Gasteiger partial charge in [0.1, 0.15) is 78.7 Å². The van der Waals surface area contributed by atoms with Crippen molar-refractivity contribution >= 4 is 5.97 Å². The van der Waals surface area contributed by atoms with Crippen LogP contribution in [-0.4, -0.2) is 181 Å². The maximum absolute atomic E-state index is 13.8. The Morgan fingerprint density at radius 3 is 2.09 bits per heavy atom. The number of carbonyl (C=O) groups excluding carboxylic acids is 1. The van der Waals surface area contributed by atoms with E-state index in [4.69, 9.17) is 33.2 Å². The van der Waals surface area contributed by atoms with Gasteiger partial charge in [-0.25, -0.2) is 0 Å². The zero-order valence-electron chi connectivity index (χ0n) is 38.6. The molecule has 2 bridgehead atoms. The first-order valence-corrected chi connectivity index (χ1v) is 23.9. The monoisotopic (exact) mass is 926 g/mol. The number of aliphatic hydroxyl groups is 10. The molecular weight excluding hydrogens is 852 g/mol. The van der Waals surface area contributed by atoms with E-state index in [-0.39, 0.29) is 58.1 Å². The smallest absolute Gasteiger partial charge is 0.315 e. The van der Waals surface area contributed by atoms with E-state index in [0.717, 1.165) is 32.1 Å². The second-order valence-electron chi connectivity index (χ2n) is 23.3. The van der Waals surface area contributed by atoms with Crippen LogP contribution in [0.2, 0.25) is 0 Å². The number of ether oxygens (including phenoxy) is 7. The molecule has 18 nitrogen and oxygen atoms in total. The number of hydrogen-bond acceptors (Lipinski definition) is 18.